The number of anilines is 1. The lowest BCUT2D eigenvalue weighted by Gasteiger charge is -2.22. The number of imidazole rings is 1. The summed E-state index contributed by atoms with van der Waals surface area (Å²) in [7, 11) is -3.42. The molecule has 2 saturated heterocycles. The molecule has 2 atom stereocenters. The molecule has 2 unspecified atom stereocenters. The monoisotopic (exact) mass is 398 g/mol. The summed E-state index contributed by atoms with van der Waals surface area (Å²) in [6.45, 7) is 5.55. The summed E-state index contributed by atoms with van der Waals surface area (Å²) < 4.78 is 29.5. The number of fused-ring (bicyclic) bond motifs is 2. The van der Waals surface area contributed by atoms with E-state index in [2.05, 4.69) is 26.8 Å². The molecular weight excluding hydrogens is 376 g/mol. The number of hydrogen-bond acceptors (Lipinski definition) is 6. The van der Waals surface area contributed by atoms with Crippen LogP contribution < -0.4 is 4.90 Å². The molecule has 0 bridgehead atoms. The van der Waals surface area contributed by atoms with Gasteiger partial charge >= 0.3 is 0 Å². The van der Waals surface area contributed by atoms with E-state index >= 15 is 0 Å². The highest BCUT2D eigenvalue weighted by Crippen LogP contribution is 2.37. The van der Waals surface area contributed by atoms with Gasteiger partial charge in [0.1, 0.15) is 6.33 Å². The van der Waals surface area contributed by atoms with Gasteiger partial charge in [-0.05, 0) is 30.9 Å². The van der Waals surface area contributed by atoms with Gasteiger partial charge in [-0.15, -0.1) is 0 Å². The number of hydrogen-bond donors (Lipinski definition) is 0. The Kier molecular flexibility index (Phi) is 4.09. The molecule has 5 rings (SSSR count). The number of sulfonamides is 1. The van der Waals surface area contributed by atoms with Crippen LogP contribution in [0.1, 0.15) is 6.92 Å². The molecule has 28 heavy (non-hydrogen) atoms. The van der Waals surface area contributed by atoms with E-state index in [0.717, 1.165) is 36.6 Å². The van der Waals surface area contributed by atoms with Crippen LogP contribution in [0, 0.1) is 11.8 Å². The standard InChI is InChI=1S/C19H22N6O2S/c1-2-23-13-22-17-18(23)20-12-21-19(17)24-8-14-10-25(11-15(14)9-24)28(26,27)16-6-4-3-5-7-16/h3-7,12-15H,2,8-11H2,1H3. The molecule has 2 aliphatic heterocycles. The largest absolute Gasteiger partial charge is 0.354 e. The van der Waals surface area contributed by atoms with Crippen LogP contribution in [0.2, 0.25) is 0 Å². The van der Waals surface area contributed by atoms with Crippen molar-refractivity contribution in [2.24, 2.45) is 11.8 Å². The van der Waals surface area contributed by atoms with E-state index in [1.165, 1.54) is 0 Å². The van der Waals surface area contributed by atoms with E-state index in [1.807, 2.05) is 10.6 Å². The van der Waals surface area contributed by atoms with Crippen molar-refractivity contribution in [3.63, 3.8) is 0 Å². The first-order valence-electron chi connectivity index (χ1n) is 9.54. The van der Waals surface area contributed by atoms with Gasteiger partial charge in [-0.2, -0.15) is 4.31 Å². The zero-order valence-electron chi connectivity index (χ0n) is 15.6. The number of aromatic nitrogens is 4. The molecule has 8 nitrogen and oxygen atoms in total. The zero-order chi connectivity index (χ0) is 19.3. The molecule has 0 radical (unpaired) electrons. The van der Waals surface area contributed by atoms with Crippen LogP contribution in [-0.4, -0.2) is 58.4 Å². The average Bonchev–Trinajstić information content (AvgIpc) is 3.41. The van der Waals surface area contributed by atoms with Crippen LogP contribution >= 0.6 is 0 Å². The van der Waals surface area contributed by atoms with Gasteiger partial charge in [0.05, 0.1) is 11.2 Å². The number of rotatable bonds is 4. The van der Waals surface area contributed by atoms with Gasteiger partial charge in [0.2, 0.25) is 10.0 Å². The molecule has 0 aliphatic carbocycles. The Hall–Kier alpha value is -2.52. The maximum absolute atomic E-state index is 12.9. The number of aryl methyl sites for hydroxylation is 1. The Morgan fingerprint density at radius 3 is 2.39 bits per heavy atom. The van der Waals surface area contributed by atoms with E-state index in [0.29, 0.717) is 29.8 Å². The maximum Gasteiger partial charge on any atom is 0.243 e. The summed E-state index contributed by atoms with van der Waals surface area (Å²) in [5.41, 5.74) is 1.66. The van der Waals surface area contributed by atoms with E-state index < -0.39 is 10.0 Å². The minimum absolute atomic E-state index is 0.303. The molecule has 3 aromatic rings. The Balaban J connectivity index is 1.36. The van der Waals surface area contributed by atoms with Crippen LogP contribution in [0.25, 0.3) is 11.2 Å². The second kappa shape index (κ2) is 6.52. The van der Waals surface area contributed by atoms with Gasteiger partial charge in [0.15, 0.2) is 17.0 Å². The second-order valence-corrected chi connectivity index (χ2v) is 9.40. The number of benzene rings is 1. The fourth-order valence-corrected chi connectivity index (χ4v) is 5.97. The summed E-state index contributed by atoms with van der Waals surface area (Å²) in [6, 6.07) is 8.69. The van der Waals surface area contributed by atoms with Crippen molar-refractivity contribution in [2.45, 2.75) is 18.4 Å². The summed E-state index contributed by atoms with van der Waals surface area (Å²) in [5, 5.41) is 0. The van der Waals surface area contributed by atoms with Gasteiger partial charge in [-0.25, -0.2) is 23.4 Å². The first-order valence-corrected chi connectivity index (χ1v) is 11.0. The van der Waals surface area contributed by atoms with Crippen molar-refractivity contribution in [3.8, 4) is 0 Å². The molecule has 0 saturated carbocycles. The van der Waals surface area contributed by atoms with Crippen LogP contribution in [0.5, 0.6) is 0 Å². The lowest BCUT2D eigenvalue weighted by atomic mass is 10.0. The van der Waals surface area contributed by atoms with Gasteiger partial charge in [0.25, 0.3) is 0 Å². The first kappa shape index (κ1) is 17.6. The quantitative estimate of drug-likeness (QED) is 0.664. The topological polar surface area (TPSA) is 84.2 Å². The average molecular weight is 398 g/mol. The summed E-state index contributed by atoms with van der Waals surface area (Å²) in [5.74, 6) is 1.46. The van der Waals surface area contributed by atoms with E-state index in [4.69, 9.17) is 0 Å². The molecule has 0 spiro atoms. The smallest absolute Gasteiger partial charge is 0.243 e. The second-order valence-electron chi connectivity index (χ2n) is 7.46. The molecule has 1 aromatic carbocycles. The third-order valence-electron chi connectivity index (χ3n) is 5.86. The molecule has 9 heteroatoms. The molecule has 2 aromatic heterocycles. The minimum atomic E-state index is -3.42. The van der Waals surface area contributed by atoms with Gasteiger partial charge < -0.3 is 9.47 Å². The zero-order valence-corrected chi connectivity index (χ0v) is 16.5. The molecule has 2 fully saturated rings. The van der Waals surface area contributed by atoms with Crippen LogP contribution in [-0.2, 0) is 16.6 Å². The van der Waals surface area contributed by atoms with Crippen molar-refractivity contribution in [2.75, 3.05) is 31.1 Å². The Bertz CT molecular complexity index is 1100. The normalized spacial score (nSPS) is 22.8. The van der Waals surface area contributed by atoms with Crippen LogP contribution in [0.3, 0.4) is 0 Å². The van der Waals surface area contributed by atoms with Gasteiger partial charge in [-0.3, -0.25) is 0 Å². The third-order valence-corrected chi connectivity index (χ3v) is 7.70. The van der Waals surface area contributed by atoms with Crippen molar-refractivity contribution in [1.82, 2.24) is 23.8 Å². The van der Waals surface area contributed by atoms with Gasteiger partial charge in [0, 0.05) is 32.7 Å². The fourth-order valence-electron chi connectivity index (χ4n) is 4.39. The van der Waals surface area contributed by atoms with Crippen LogP contribution in [0.15, 0.2) is 47.9 Å². The van der Waals surface area contributed by atoms with Crippen LogP contribution in [0.4, 0.5) is 5.82 Å². The van der Waals surface area contributed by atoms with E-state index in [1.54, 1.807) is 41.2 Å². The van der Waals surface area contributed by atoms with E-state index in [-0.39, 0.29) is 0 Å². The summed E-state index contributed by atoms with van der Waals surface area (Å²) in [6.07, 6.45) is 3.39. The molecule has 0 N–H and O–H groups in total. The highest BCUT2D eigenvalue weighted by atomic mass is 32.2. The molecule has 0 amide bonds. The lowest BCUT2D eigenvalue weighted by Crippen LogP contribution is -2.33. The molecule has 4 heterocycles. The predicted octanol–water partition coefficient (Wildman–Crippen LogP) is 1.60. The predicted molar refractivity (Wildman–Crippen MR) is 105 cm³/mol. The fraction of sp³-hybridized carbons (Fsp3) is 0.421. The SMILES string of the molecule is CCn1cnc2c(N3CC4CN(S(=O)(=O)c5ccccc5)CC4C3)ncnc21. The maximum atomic E-state index is 12.9. The highest BCUT2D eigenvalue weighted by molar-refractivity contribution is 7.89. The molecule has 146 valence electrons. The van der Waals surface area contributed by atoms with Crippen molar-refractivity contribution in [1.29, 1.82) is 0 Å². The summed E-state index contributed by atoms with van der Waals surface area (Å²) in [4.78, 5) is 16.0. The Morgan fingerprint density at radius 1 is 1.00 bits per heavy atom. The first-order chi connectivity index (χ1) is 13.6. The van der Waals surface area contributed by atoms with Crippen molar-refractivity contribution < 1.29 is 8.42 Å². The van der Waals surface area contributed by atoms with Crippen molar-refractivity contribution >= 4 is 27.0 Å². The van der Waals surface area contributed by atoms with E-state index in [9.17, 15) is 8.42 Å². The van der Waals surface area contributed by atoms with Gasteiger partial charge in [-0.1, -0.05) is 18.2 Å². The van der Waals surface area contributed by atoms with Crippen molar-refractivity contribution in [3.05, 3.63) is 43.0 Å². The molecule has 2 aliphatic rings. The third kappa shape index (κ3) is 2.68. The summed E-state index contributed by atoms with van der Waals surface area (Å²) >= 11 is 0. The minimum Gasteiger partial charge on any atom is -0.354 e. The Morgan fingerprint density at radius 2 is 1.71 bits per heavy atom. The molecular formula is C19H22N6O2S. The Labute approximate surface area is 163 Å². The highest BCUT2D eigenvalue weighted by Gasteiger charge is 2.45. The lowest BCUT2D eigenvalue weighted by molar-refractivity contribution is 0.453. The number of nitrogens with zero attached hydrogens (tertiary/aromatic N) is 6.